The van der Waals surface area contributed by atoms with Crippen LogP contribution in [0.25, 0.3) is 11.3 Å². The van der Waals surface area contributed by atoms with Crippen LogP contribution in [0.3, 0.4) is 0 Å². The molecule has 206 valence electrons. The van der Waals surface area contributed by atoms with Gasteiger partial charge in [-0.1, -0.05) is 66.7 Å². The number of ether oxygens (including phenoxy) is 1. The van der Waals surface area contributed by atoms with Gasteiger partial charge >= 0.3 is 0 Å². The fraction of sp³-hybridized carbons (Fsp3) is 0.121. The normalized spacial score (nSPS) is 11.4. The molecule has 1 unspecified atom stereocenters. The van der Waals surface area contributed by atoms with Gasteiger partial charge in [0.05, 0.1) is 18.7 Å². The van der Waals surface area contributed by atoms with E-state index in [4.69, 9.17) is 4.74 Å². The Kier molecular flexibility index (Phi) is 9.46. The Morgan fingerprint density at radius 2 is 1.61 bits per heavy atom. The Morgan fingerprint density at radius 1 is 0.878 bits per heavy atom. The summed E-state index contributed by atoms with van der Waals surface area (Å²) in [7, 11) is 0. The molecule has 2 amide bonds. The predicted octanol–water partition coefficient (Wildman–Crippen LogP) is 7.86. The molecule has 0 aliphatic rings. The molecule has 0 saturated heterocycles. The van der Waals surface area contributed by atoms with E-state index in [9.17, 15) is 9.59 Å². The number of nitrogens with one attached hydrogen (secondary N) is 2. The molecule has 5 aromatic rings. The van der Waals surface area contributed by atoms with Crippen LogP contribution in [0.1, 0.15) is 23.3 Å². The van der Waals surface area contributed by atoms with Crippen molar-refractivity contribution < 1.29 is 14.3 Å². The van der Waals surface area contributed by atoms with Gasteiger partial charge in [0.2, 0.25) is 11.8 Å². The Morgan fingerprint density at radius 3 is 2.34 bits per heavy atom. The van der Waals surface area contributed by atoms with E-state index >= 15 is 0 Å². The summed E-state index contributed by atoms with van der Waals surface area (Å²) < 4.78 is 5.52. The molecule has 0 saturated carbocycles. The van der Waals surface area contributed by atoms with Crippen LogP contribution in [-0.2, 0) is 16.0 Å². The Hall–Kier alpha value is -4.40. The lowest BCUT2D eigenvalue weighted by molar-refractivity contribution is -0.116. The minimum atomic E-state index is -0.524. The number of rotatable bonds is 11. The zero-order valence-electron chi connectivity index (χ0n) is 22.4. The molecule has 1 atom stereocenters. The van der Waals surface area contributed by atoms with E-state index in [-0.39, 0.29) is 11.8 Å². The van der Waals surface area contributed by atoms with Crippen LogP contribution in [0, 0.1) is 0 Å². The number of nitrogens with zero attached hydrogens (tertiary/aromatic N) is 1. The monoisotopic (exact) mass is 579 g/mol. The molecule has 0 fully saturated rings. The third-order valence-electron chi connectivity index (χ3n) is 6.12. The molecule has 4 aromatic carbocycles. The number of hydrogen-bond donors (Lipinski definition) is 2. The zero-order valence-corrected chi connectivity index (χ0v) is 24.1. The van der Waals surface area contributed by atoms with Crippen molar-refractivity contribution in [3.8, 4) is 17.0 Å². The number of thioether (sulfide) groups is 1. The van der Waals surface area contributed by atoms with Gasteiger partial charge in [-0.25, -0.2) is 4.98 Å². The molecule has 1 aromatic heterocycles. The maximum absolute atomic E-state index is 13.6. The van der Waals surface area contributed by atoms with Crippen molar-refractivity contribution in [2.75, 3.05) is 17.2 Å². The van der Waals surface area contributed by atoms with E-state index in [2.05, 4.69) is 15.6 Å². The molecular formula is C33H29N3O3S2. The van der Waals surface area contributed by atoms with Gasteiger partial charge in [0.25, 0.3) is 0 Å². The van der Waals surface area contributed by atoms with Crippen LogP contribution >= 0.6 is 23.1 Å². The van der Waals surface area contributed by atoms with E-state index < -0.39 is 5.25 Å². The number of thiazole rings is 1. The van der Waals surface area contributed by atoms with Crippen LogP contribution < -0.4 is 15.4 Å². The standard InChI is InChI=1S/C33H29N3O3S2/c1-2-39-27-18-16-24(17-19-27)29-22-40-33(35-29)36-32(38)31(25-12-7-4-8-13-25)41-28-15-9-14-26(21-28)34-30(37)20-23-10-5-3-6-11-23/h3-19,21-22,31H,2,20H2,1H3,(H,34,37)(H,35,36,38). The van der Waals surface area contributed by atoms with Crippen molar-refractivity contribution in [2.24, 2.45) is 0 Å². The van der Waals surface area contributed by atoms with Crippen LogP contribution in [0.15, 0.2) is 119 Å². The second kappa shape index (κ2) is 13.8. The minimum absolute atomic E-state index is 0.0946. The second-order valence-electron chi connectivity index (χ2n) is 9.13. The summed E-state index contributed by atoms with van der Waals surface area (Å²) >= 11 is 2.81. The van der Waals surface area contributed by atoms with Crippen LogP contribution in [0.2, 0.25) is 0 Å². The van der Waals surface area contributed by atoms with E-state index in [1.54, 1.807) is 0 Å². The Labute approximate surface area is 247 Å². The van der Waals surface area contributed by atoms with Crippen molar-refractivity contribution in [3.05, 3.63) is 126 Å². The summed E-state index contributed by atoms with van der Waals surface area (Å²) in [4.78, 5) is 31.7. The summed E-state index contributed by atoms with van der Waals surface area (Å²) in [5.74, 6) is 0.540. The van der Waals surface area contributed by atoms with Crippen LogP contribution in [0.4, 0.5) is 10.8 Å². The number of hydrogen-bond acceptors (Lipinski definition) is 6. The smallest absolute Gasteiger partial charge is 0.244 e. The highest BCUT2D eigenvalue weighted by Gasteiger charge is 2.23. The van der Waals surface area contributed by atoms with Crippen LogP contribution in [-0.4, -0.2) is 23.4 Å². The molecule has 0 aliphatic carbocycles. The third-order valence-corrected chi connectivity index (χ3v) is 8.12. The first-order valence-electron chi connectivity index (χ1n) is 13.2. The van der Waals surface area contributed by atoms with Crippen molar-refractivity contribution in [2.45, 2.75) is 23.5 Å². The predicted molar refractivity (Wildman–Crippen MR) is 168 cm³/mol. The highest BCUT2D eigenvalue weighted by atomic mass is 32.2. The van der Waals surface area contributed by atoms with Crippen molar-refractivity contribution in [1.29, 1.82) is 0 Å². The molecule has 0 bridgehead atoms. The number of benzene rings is 4. The Bertz CT molecular complexity index is 1590. The summed E-state index contributed by atoms with van der Waals surface area (Å²) in [6.45, 7) is 2.56. The number of anilines is 2. The number of carbonyl (C=O) groups is 2. The number of aromatic nitrogens is 1. The molecule has 41 heavy (non-hydrogen) atoms. The van der Waals surface area contributed by atoms with Gasteiger partial charge in [-0.3, -0.25) is 9.59 Å². The van der Waals surface area contributed by atoms with Gasteiger partial charge in [0.1, 0.15) is 11.0 Å². The number of amides is 2. The molecule has 0 aliphatic heterocycles. The average molecular weight is 580 g/mol. The topological polar surface area (TPSA) is 80.3 Å². The molecule has 0 spiro atoms. The van der Waals surface area contributed by atoms with Crippen molar-refractivity contribution in [1.82, 2.24) is 4.98 Å². The maximum Gasteiger partial charge on any atom is 0.244 e. The molecule has 6 nitrogen and oxygen atoms in total. The first-order valence-corrected chi connectivity index (χ1v) is 15.0. The van der Waals surface area contributed by atoms with Crippen LogP contribution in [0.5, 0.6) is 5.75 Å². The zero-order chi connectivity index (χ0) is 28.4. The van der Waals surface area contributed by atoms with Gasteiger partial charge in [-0.05, 0) is 60.5 Å². The lowest BCUT2D eigenvalue weighted by Gasteiger charge is -2.17. The van der Waals surface area contributed by atoms with E-state index in [1.807, 2.05) is 121 Å². The van der Waals surface area contributed by atoms with Crippen molar-refractivity contribution >= 4 is 45.7 Å². The Balaban J connectivity index is 1.29. The lowest BCUT2D eigenvalue weighted by atomic mass is 10.1. The lowest BCUT2D eigenvalue weighted by Crippen LogP contribution is -2.19. The third kappa shape index (κ3) is 7.84. The van der Waals surface area contributed by atoms with Gasteiger partial charge in [0, 0.05) is 21.5 Å². The van der Waals surface area contributed by atoms with Gasteiger partial charge in [-0.2, -0.15) is 0 Å². The summed E-state index contributed by atoms with van der Waals surface area (Å²) in [5, 5.41) is 7.92. The summed E-state index contributed by atoms with van der Waals surface area (Å²) in [5.41, 5.74) is 4.24. The van der Waals surface area contributed by atoms with Gasteiger partial charge in [-0.15, -0.1) is 23.1 Å². The van der Waals surface area contributed by atoms with Gasteiger partial charge < -0.3 is 15.4 Å². The first kappa shape index (κ1) is 28.1. The quantitative estimate of drug-likeness (QED) is 0.156. The molecule has 1 heterocycles. The average Bonchev–Trinajstić information content (AvgIpc) is 3.46. The SMILES string of the molecule is CCOc1ccc(-c2csc(NC(=O)C(Sc3cccc(NC(=O)Cc4ccccc4)c3)c3ccccc3)n2)cc1. The largest absolute Gasteiger partial charge is 0.494 e. The van der Waals surface area contributed by atoms with E-state index in [0.717, 1.165) is 33.0 Å². The fourth-order valence-electron chi connectivity index (χ4n) is 4.19. The summed E-state index contributed by atoms with van der Waals surface area (Å²) in [6.07, 6.45) is 0.291. The van der Waals surface area contributed by atoms with E-state index in [1.165, 1.54) is 23.1 Å². The molecular weight excluding hydrogens is 551 g/mol. The summed E-state index contributed by atoms with van der Waals surface area (Å²) in [6, 6.07) is 34.6. The maximum atomic E-state index is 13.6. The highest BCUT2D eigenvalue weighted by Crippen LogP contribution is 2.38. The highest BCUT2D eigenvalue weighted by molar-refractivity contribution is 8.00. The van der Waals surface area contributed by atoms with Crippen molar-refractivity contribution in [3.63, 3.8) is 0 Å². The fourth-order valence-corrected chi connectivity index (χ4v) is 6.00. The van der Waals surface area contributed by atoms with E-state index in [0.29, 0.717) is 23.8 Å². The van der Waals surface area contributed by atoms with Gasteiger partial charge in [0.15, 0.2) is 5.13 Å². The molecule has 2 N–H and O–H groups in total. The minimum Gasteiger partial charge on any atom is -0.494 e. The second-order valence-corrected chi connectivity index (χ2v) is 11.2. The molecule has 8 heteroatoms. The number of carbonyl (C=O) groups excluding carboxylic acids is 2. The first-order chi connectivity index (χ1) is 20.1. The molecule has 5 rings (SSSR count). The molecule has 0 radical (unpaired) electrons.